The molecule has 2 nitrogen and oxygen atoms in total. The second-order valence-electron chi connectivity index (χ2n) is 3.42. The van der Waals surface area contributed by atoms with Crippen molar-refractivity contribution in [1.29, 1.82) is 0 Å². The molecule has 2 atom stereocenters. The molecule has 0 bridgehead atoms. The molecular weight excluding hydrogens is 172 g/mol. The molecule has 64 valence electrons. The van der Waals surface area contributed by atoms with Gasteiger partial charge in [0.25, 0.3) is 0 Å². The number of allylic oxidation sites excluding steroid dienone is 4. The maximum absolute atomic E-state index is 11.4. The number of fused-ring (bicyclic) bond motifs is 1. The van der Waals surface area contributed by atoms with Crippen LogP contribution < -0.4 is 0 Å². The summed E-state index contributed by atoms with van der Waals surface area (Å²) in [7, 11) is -3.02. The van der Waals surface area contributed by atoms with E-state index in [0.717, 1.165) is 0 Å². The van der Waals surface area contributed by atoms with Gasteiger partial charge in [-0.3, -0.25) is 0 Å². The molecule has 1 aliphatic heterocycles. The van der Waals surface area contributed by atoms with Crippen LogP contribution in [0.1, 0.15) is 6.92 Å². The van der Waals surface area contributed by atoms with E-state index < -0.39 is 9.84 Å². The summed E-state index contributed by atoms with van der Waals surface area (Å²) in [6.45, 7) is 1.93. The molecule has 0 N–H and O–H groups in total. The highest BCUT2D eigenvalue weighted by Crippen LogP contribution is 2.39. The highest BCUT2D eigenvalue weighted by atomic mass is 32.2. The van der Waals surface area contributed by atoms with Crippen LogP contribution in [0.4, 0.5) is 0 Å². The lowest BCUT2D eigenvalue weighted by atomic mass is 9.84. The summed E-state index contributed by atoms with van der Waals surface area (Å²) >= 11 is 0. The Kier molecular flexibility index (Phi) is 1.37. The van der Waals surface area contributed by atoms with Crippen LogP contribution in [0.5, 0.6) is 0 Å². The van der Waals surface area contributed by atoms with Crippen LogP contribution in [0.25, 0.3) is 0 Å². The van der Waals surface area contributed by atoms with E-state index in [9.17, 15) is 8.42 Å². The van der Waals surface area contributed by atoms with Gasteiger partial charge in [0.1, 0.15) is 0 Å². The highest BCUT2D eigenvalue weighted by molar-refractivity contribution is 7.95. The first kappa shape index (κ1) is 7.80. The van der Waals surface area contributed by atoms with E-state index in [-0.39, 0.29) is 10.7 Å². The van der Waals surface area contributed by atoms with E-state index in [1.54, 1.807) is 18.2 Å². The predicted octanol–water partition coefficient (Wildman–Crippen LogP) is 1.43. The zero-order valence-electron chi connectivity index (χ0n) is 6.77. The number of hydrogen-bond donors (Lipinski definition) is 0. The summed E-state index contributed by atoms with van der Waals surface area (Å²) in [5.41, 5.74) is -0.312. The van der Waals surface area contributed by atoms with Gasteiger partial charge in [0.05, 0.1) is 5.25 Å². The second kappa shape index (κ2) is 2.10. The molecule has 0 amide bonds. The standard InChI is InChI=1S/C9H10O2S/c1-9-5-3-2-4-8(9)12(10,11)7-6-9/h2-8H,1H3. The third kappa shape index (κ3) is 0.894. The Hall–Kier alpha value is -0.830. The second-order valence-corrected chi connectivity index (χ2v) is 5.38. The Morgan fingerprint density at radius 1 is 1.25 bits per heavy atom. The summed E-state index contributed by atoms with van der Waals surface area (Å²) in [4.78, 5) is 0. The van der Waals surface area contributed by atoms with Crippen molar-refractivity contribution in [2.75, 3.05) is 0 Å². The van der Waals surface area contributed by atoms with Crippen LogP contribution in [0.15, 0.2) is 35.8 Å². The largest absolute Gasteiger partial charge is 0.224 e. The molecule has 2 rings (SSSR count). The summed E-state index contributed by atoms with van der Waals surface area (Å²) in [6.07, 6.45) is 9.11. The fourth-order valence-corrected chi connectivity index (χ4v) is 3.50. The maximum atomic E-state index is 11.4. The summed E-state index contributed by atoms with van der Waals surface area (Å²) < 4.78 is 22.9. The minimum atomic E-state index is -3.02. The van der Waals surface area contributed by atoms with Crippen molar-refractivity contribution < 1.29 is 8.42 Å². The minimum Gasteiger partial charge on any atom is -0.224 e. The van der Waals surface area contributed by atoms with Crippen LogP contribution >= 0.6 is 0 Å². The van der Waals surface area contributed by atoms with E-state index in [0.29, 0.717) is 0 Å². The molecule has 2 aliphatic rings. The Morgan fingerprint density at radius 3 is 2.67 bits per heavy atom. The van der Waals surface area contributed by atoms with Crippen molar-refractivity contribution in [1.82, 2.24) is 0 Å². The molecule has 0 spiro atoms. The molecule has 0 fully saturated rings. The Balaban J connectivity index is 2.58. The van der Waals surface area contributed by atoms with E-state index in [1.165, 1.54) is 5.41 Å². The quantitative estimate of drug-likeness (QED) is 0.568. The molecule has 3 heteroatoms. The van der Waals surface area contributed by atoms with E-state index >= 15 is 0 Å². The zero-order chi connectivity index (χ0) is 8.82. The lowest BCUT2D eigenvalue weighted by Crippen LogP contribution is -2.29. The van der Waals surface area contributed by atoms with Crippen molar-refractivity contribution in [2.45, 2.75) is 12.2 Å². The van der Waals surface area contributed by atoms with Crippen LogP contribution in [0, 0.1) is 5.41 Å². The monoisotopic (exact) mass is 182 g/mol. The van der Waals surface area contributed by atoms with E-state index in [1.807, 2.05) is 19.1 Å². The molecule has 1 heterocycles. The Labute approximate surface area is 72.2 Å². The van der Waals surface area contributed by atoms with Gasteiger partial charge in [-0.15, -0.1) is 0 Å². The normalized spacial score (nSPS) is 41.6. The molecule has 1 aliphatic carbocycles. The molecule has 2 unspecified atom stereocenters. The topological polar surface area (TPSA) is 34.1 Å². The Bertz CT molecular complexity index is 387. The predicted molar refractivity (Wildman–Crippen MR) is 48.2 cm³/mol. The molecule has 0 saturated carbocycles. The SMILES string of the molecule is CC12C=CC=CC1S(=O)(=O)C=C2. The van der Waals surface area contributed by atoms with Gasteiger partial charge >= 0.3 is 0 Å². The molecule has 12 heavy (non-hydrogen) atoms. The molecular formula is C9H10O2S. The van der Waals surface area contributed by atoms with Gasteiger partial charge in [0.15, 0.2) is 9.84 Å². The van der Waals surface area contributed by atoms with Gasteiger partial charge in [0, 0.05) is 10.8 Å². The van der Waals surface area contributed by atoms with Gasteiger partial charge < -0.3 is 0 Å². The lowest BCUT2D eigenvalue weighted by Gasteiger charge is -2.25. The van der Waals surface area contributed by atoms with Crippen LogP contribution in [0.2, 0.25) is 0 Å². The first-order valence-corrected chi connectivity index (χ1v) is 5.45. The average molecular weight is 182 g/mol. The lowest BCUT2D eigenvalue weighted by molar-refractivity contribution is 0.538. The van der Waals surface area contributed by atoms with Crippen LogP contribution in [-0.2, 0) is 9.84 Å². The smallest absolute Gasteiger partial charge is 0.178 e. The number of rotatable bonds is 0. The molecule has 0 aromatic rings. The highest BCUT2D eigenvalue weighted by Gasteiger charge is 2.42. The fraction of sp³-hybridized carbons (Fsp3) is 0.333. The zero-order valence-corrected chi connectivity index (χ0v) is 7.58. The minimum absolute atomic E-state index is 0.312. The molecule has 0 radical (unpaired) electrons. The van der Waals surface area contributed by atoms with Crippen molar-refractivity contribution in [3.05, 3.63) is 35.8 Å². The van der Waals surface area contributed by atoms with Gasteiger partial charge in [-0.2, -0.15) is 0 Å². The van der Waals surface area contributed by atoms with Crippen molar-refractivity contribution in [3.63, 3.8) is 0 Å². The Morgan fingerprint density at radius 2 is 2.00 bits per heavy atom. The molecule has 0 aromatic heterocycles. The summed E-state index contributed by atoms with van der Waals surface area (Å²) in [5.74, 6) is 0. The average Bonchev–Trinajstić information content (AvgIpc) is 2.24. The first-order chi connectivity index (χ1) is 5.55. The van der Waals surface area contributed by atoms with Crippen molar-refractivity contribution in [2.24, 2.45) is 5.41 Å². The van der Waals surface area contributed by atoms with Gasteiger partial charge in [-0.05, 0) is 0 Å². The first-order valence-electron chi connectivity index (χ1n) is 3.84. The summed E-state index contributed by atoms with van der Waals surface area (Å²) in [6, 6.07) is 0. The summed E-state index contributed by atoms with van der Waals surface area (Å²) in [5, 5.41) is 0.937. The van der Waals surface area contributed by atoms with Crippen molar-refractivity contribution in [3.8, 4) is 0 Å². The van der Waals surface area contributed by atoms with Crippen LogP contribution in [-0.4, -0.2) is 13.7 Å². The maximum Gasteiger partial charge on any atom is 0.178 e. The molecule has 0 aromatic carbocycles. The third-order valence-electron chi connectivity index (χ3n) is 2.44. The fourth-order valence-electron chi connectivity index (χ4n) is 1.67. The third-order valence-corrected chi connectivity index (χ3v) is 4.32. The van der Waals surface area contributed by atoms with Gasteiger partial charge in [0.2, 0.25) is 0 Å². The van der Waals surface area contributed by atoms with E-state index in [4.69, 9.17) is 0 Å². The van der Waals surface area contributed by atoms with Crippen LogP contribution in [0.3, 0.4) is 0 Å². The number of sulfone groups is 1. The van der Waals surface area contributed by atoms with Crippen molar-refractivity contribution >= 4 is 9.84 Å². The number of hydrogen-bond acceptors (Lipinski definition) is 2. The molecule has 0 saturated heterocycles. The van der Waals surface area contributed by atoms with Gasteiger partial charge in [-0.25, -0.2) is 8.42 Å². The van der Waals surface area contributed by atoms with Gasteiger partial charge in [-0.1, -0.05) is 37.3 Å². The van der Waals surface area contributed by atoms with E-state index in [2.05, 4.69) is 0 Å².